The maximum absolute atomic E-state index is 14.4. The Morgan fingerprint density at radius 2 is 1.67 bits per heavy atom. The van der Waals surface area contributed by atoms with Crippen LogP contribution in [0.5, 0.6) is 0 Å². The normalized spacial score (nSPS) is 14.9. The number of ether oxygens (including phenoxy) is 1. The summed E-state index contributed by atoms with van der Waals surface area (Å²) < 4.78 is 10.0. The number of esters is 1. The van der Waals surface area contributed by atoms with E-state index in [9.17, 15) is 9.59 Å². The molecular formula is C38H37N3O3S. The zero-order valence-corrected chi connectivity index (χ0v) is 27.3. The summed E-state index contributed by atoms with van der Waals surface area (Å²) in [4.78, 5) is 33.6. The van der Waals surface area contributed by atoms with Gasteiger partial charge in [-0.15, -0.1) is 0 Å². The summed E-state index contributed by atoms with van der Waals surface area (Å²) in [6.07, 6.45) is 1.95. The van der Waals surface area contributed by atoms with E-state index in [1.54, 1.807) is 11.5 Å². The molecule has 228 valence electrons. The van der Waals surface area contributed by atoms with Gasteiger partial charge in [-0.3, -0.25) is 9.36 Å². The van der Waals surface area contributed by atoms with Crippen LogP contribution in [0.15, 0.2) is 100 Å². The van der Waals surface area contributed by atoms with E-state index in [4.69, 9.17) is 9.73 Å². The van der Waals surface area contributed by atoms with Gasteiger partial charge in [0.05, 0.1) is 28.5 Å². The van der Waals surface area contributed by atoms with Crippen molar-refractivity contribution in [2.75, 3.05) is 6.61 Å². The predicted molar refractivity (Wildman–Crippen MR) is 182 cm³/mol. The fraction of sp³-hybridized carbons (Fsp3) is 0.237. The van der Waals surface area contributed by atoms with Crippen LogP contribution in [0.1, 0.15) is 71.9 Å². The molecule has 0 aliphatic carbocycles. The number of carbonyl (C=O) groups is 1. The van der Waals surface area contributed by atoms with Crippen molar-refractivity contribution < 1.29 is 9.53 Å². The number of carbonyl (C=O) groups excluding carboxylic acids is 1. The largest absolute Gasteiger partial charge is 0.463 e. The Bertz CT molecular complexity index is 2100. The molecule has 0 amide bonds. The average molecular weight is 616 g/mol. The van der Waals surface area contributed by atoms with Crippen LogP contribution in [0.25, 0.3) is 17.5 Å². The number of hydrogen-bond donors (Lipinski definition) is 0. The molecule has 0 bridgehead atoms. The SMILES string of the molecule is CCOC(=O)C1=C(c2ccccc2)N=c2s/c(=C\c3cc(C)n(-c4ccc(C)cc4)c3C)c(=O)n2[C@H]1c1ccc(C(C)C)cc1. The number of nitrogens with zero attached hydrogens (tertiary/aromatic N) is 3. The molecule has 0 N–H and O–H groups in total. The first-order chi connectivity index (χ1) is 21.7. The van der Waals surface area contributed by atoms with Crippen molar-refractivity contribution in [1.29, 1.82) is 0 Å². The maximum Gasteiger partial charge on any atom is 0.338 e. The van der Waals surface area contributed by atoms with Crippen LogP contribution in [0.3, 0.4) is 0 Å². The van der Waals surface area contributed by atoms with Crippen molar-refractivity contribution in [3.8, 4) is 5.69 Å². The molecule has 3 heterocycles. The van der Waals surface area contributed by atoms with E-state index in [2.05, 4.69) is 81.7 Å². The maximum atomic E-state index is 14.4. The van der Waals surface area contributed by atoms with Crippen molar-refractivity contribution in [3.63, 3.8) is 0 Å². The van der Waals surface area contributed by atoms with Gasteiger partial charge in [0.1, 0.15) is 0 Å². The van der Waals surface area contributed by atoms with Crippen LogP contribution in [0.4, 0.5) is 0 Å². The highest BCUT2D eigenvalue weighted by atomic mass is 32.1. The van der Waals surface area contributed by atoms with E-state index < -0.39 is 12.0 Å². The van der Waals surface area contributed by atoms with Crippen LogP contribution in [-0.2, 0) is 9.53 Å². The second-order valence-corrected chi connectivity index (χ2v) is 12.8. The van der Waals surface area contributed by atoms with Gasteiger partial charge in [-0.25, -0.2) is 9.79 Å². The Morgan fingerprint density at radius 3 is 2.31 bits per heavy atom. The third kappa shape index (κ3) is 5.64. The van der Waals surface area contributed by atoms with Gasteiger partial charge < -0.3 is 9.30 Å². The topological polar surface area (TPSA) is 65.6 Å². The van der Waals surface area contributed by atoms with Crippen molar-refractivity contribution in [2.24, 2.45) is 4.99 Å². The fourth-order valence-corrected chi connectivity index (χ4v) is 6.98. The number of benzene rings is 3. The zero-order valence-electron chi connectivity index (χ0n) is 26.5. The second-order valence-electron chi connectivity index (χ2n) is 11.8. The molecule has 0 radical (unpaired) electrons. The number of rotatable bonds is 7. The van der Waals surface area contributed by atoms with Gasteiger partial charge in [-0.2, -0.15) is 0 Å². The average Bonchev–Trinajstić information content (AvgIpc) is 3.50. The smallest absolute Gasteiger partial charge is 0.338 e. The number of hydrogen-bond acceptors (Lipinski definition) is 5. The minimum absolute atomic E-state index is 0.189. The molecule has 6 rings (SSSR count). The quantitative estimate of drug-likeness (QED) is 0.190. The highest BCUT2D eigenvalue weighted by Gasteiger charge is 2.35. The number of aromatic nitrogens is 2. The highest BCUT2D eigenvalue weighted by Crippen LogP contribution is 2.35. The third-order valence-electron chi connectivity index (χ3n) is 8.34. The lowest BCUT2D eigenvalue weighted by atomic mass is 9.91. The Labute approximate surface area is 267 Å². The number of aryl methyl sites for hydroxylation is 2. The number of thiazole rings is 1. The molecule has 6 nitrogen and oxygen atoms in total. The lowest BCUT2D eigenvalue weighted by molar-refractivity contribution is -0.138. The van der Waals surface area contributed by atoms with Gasteiger partial charge in [0.2, 0.25) is 0 Å². The first kappa shape index (κ1) is 30.3. The summed E-state index contributed by atoms with van der Waals surface area (Å²) >= 11 is 1.34. The molecule has 0 saturated carbocycles. The van der Waals surface area contributed by atoms with Crippen LogP contribution in [0, 0.1) is 20.8 Å². The molecule has 5 aromatic rings. The third-order valence-corrected chi connectivity index (χ3v) is 9.32. The van der Waals surface area contributed by atoms with E-state index >= 15 is 0 Å². The summed E-state index contributed by atoms with van der Waals surface area (Å²) in [7, 11) is 0. The number of fused-ring (bicyclic) bond motifs is 1. The lowest BCUT2D eigenvalue weighted by Gasteiger charge is -2.26. The lowest BCUT2D eigenvalue weighted by Crippen LogP contribution is -2.40. The molecule has 0 fully saturated rings. The van der Waals surface area contributed by atoms with Gasteiger partial charge >= 0.3 is 5.97 Å². The predicted octanol–water partition coefficient (Wildman–Crippen LogP) is 6.77. The van der Waals surface area contributed by atoms with Crippen molar-refractivity contribution in [2.45, 2.75) is 53.5 Å². The summed E-state index contributed by atoms with van der Waals surface area (Å²) in [5.41, 5.74) is 8.86. The summed E-state index contributed by atoms with van der Waals surface area (Å²) in [5, 5.41) is 0. The van der Waals surface area contributed by atoms with E-state index in [1.807, 2.05) is 48.5 Å². The minimum Gasteiger partial charge on any atom is -0.463 e. The van der Waals surface area contributed by atoms with Gasteiger partial charge in [0, 0.05) is 22.6 Å². The Hall–Kier alpha value is -4.75. The Kier molecular flexibility index (Phi) is 8.30. The first-order valence-corrected chi connectivity index (χ1v) is 16.1. The fourth-order valence-electron chi connectivity index (χ4n) is 5.99. The summed E-state index contributed by atoms with van der Waals surface area (Å²) in [6, 6.07) is 27.7. The molecule has 1 atom stereocenters. The van der Waals surface area contributed by atoms with Gasteiger partial charge in [-0.05, 0) is 74.6 Å². The molecule has 0 saturated heterocycles. The standard InChI is InChI=1S/C38H37N3O3S/c1-7-44-37(43)33-34(28-11-9-8-10-12-28)39-38-41(35(33)29-17-15-27(16-18-29)23(2)3)36(42)32(45-38)22-30-21-25(5)40(26(30)6)31-19-13-24(4)14-20-31/h8-23,35H,7H2,1-6H3/b32-22-/t35-/m0/s1. The van der Waals surface area contributed by atoms with Crippen LogP contribution in [0.2, 0.25) is 0 Å². The van der Waals surface area contributed by atoms with Gasteiger partial charge in [0.25, 0.3) is 5.56 Å². The Morgan fingerprint density at radius 1 is 0.978 bits per heavy atom. The monoisotopic (exact) mass is 615 g/mol. The van der Waals surface area contributed by atoms with Crippen LogP contribution < -0.4 is 14.9 Å². The molecule has 1 aliphatic heterocycles. The molecule has 2 aromatic heterocycles. The molecule has 45 heavy (non-hydrogen) atoms. The van der Waals surface area contributed by atoms with Gasteiger partial charge in [-0.1, -0.05) is 97.5 Å². The van der Waals surface area contributed by atoms with E-state index in [-0.39, 0.29) is 12.2 Å². The zero-order chi connectivity index (χ0) is 31.8. The molecule has 0 spiro atoms. The van der Waals surface area contributed by atoms with E-state index in [1.165, 1.54) is 22.5 Å². The van der Waals surface area contributed by atoms with E-state index in [0.717, 1.165) is 33.8 Å². The summed E-state index contributed by atoms with van der Waals surface area (Å²) in [5.74, 6) is -0.131. The minimum atomic E-state index is -0.696. The van der Waals surface area contributed by atoms with Crippen LogP contribution in [-0.4, -0.2) is 21.7 Å². The van der Waals surface area contributed by atoms with Gasteiger partial charge in [0.15, 0.2) is 4.80 Å². The molecular weight excluding hydrogens is 579 g/mol. The van der Waals surface area contributed by atoms with Crippen molar-refractivity contribution in [1.82, 2.24) is 9.13 Å². The summed E-state index contributed by atoms with van der Waals surface area (Å²) in [6.45, 7) is 12.5. The highest BCUT2D eigenvalue weighted by molar-refractivity contribution is 7.07. The molecule has 7 heteroatoms. The second kappa shape index (κ2) is 12.3. The molecule has 3 aromatic carbocycles. The van der Waals surface area contributed by atoms with Crippen LogP contribution >= 0.6 is 11.3 Å². The van der Waals surface area contributed by atoms with Crippen molar-refractivity contribution in [3.05, 3.63) is 149 Å². The Balaban J connectivity index is 1.59. The molecule has 0 unspecified atom stereocenters. The van der Waals surface area contributed by atoms with Crippen molar-refractivity contribution >= 4 is 29.1 Å². The first-order valence-electron chi connectivity index (χ1n) is 15.3. The molecule has 1 aliphatic rings. The van der Waals surface area contributed by atoms with E-state index in [0.29, 0.717) is 26.5 Å².